The number of amides is 3. The maximum Gasteiger partial charge on any atom is 0.262 e. The van der Waals surface area contributed by atoms with Crippen LogP contribution in [-0.4, -0.2) is 53.9 Å². The van der Waals surface area contributed by atoms with Gasteiger partial charge in [0.25, 0.3) is 5.91 Å². The van der Waals surface area contributed by atoms with E-state index in [1.807, 2.05) is 6.07 Å². The van der Waals surface area contributed by atoms with Crippen molar-refractivity contribution in [3.05, 3.63) is 23.8 Å². The number of nitrogens with zero attached hydrogens (tertiary/aromatic N) is 2. The van der Waals surface area contributed by atoms with Gasteiger partial charge in [0.05, 0.1) is 6.67 Å². The molecule has 2 aliphatic heterocycles. The molecule has 2 heterocycles. The second kappa shape index (κ2) is 6.38. The minimum Gasteiger partial charge on any atom is -0.484 e. The van der Waals surface area contributed by atoms with E-state index in [2.05, 4.69) is 5.32 Å². The lowest BCUT2D eigenvalue weighted by molar-refractivity contribution is -0.133. The van der Waals surface area contributed by atoms with E-state index >= 15 is 0 Å². The number of hydrogen-bond donors (Lipinski definition) is 1. The zero-order valence-corrected chi connectivity index (χ0v) is 14.0. The summed E-state index contributed by atoms with van der Waals surface area (Å²) < 4.78 is 5.60. The lowest BCUT2D eigenvalue weighted by Crippen LogP contribution is -2.35. The maximum absolute atomic E-state index is 12.3. The van der Waals surface area contributed by atoms with Gasteiger partial charge in [-0.3, -0.25) is 14.4 Å². The van der Waals surface area contributed by atoms with Gasteiger partial charge in [0, 0.05) is 18.7 Å². The first-order chi connectivity index (χ1) is 12.1. The zero-order chi connectivity index (χ0) is 17.4. The van der Waals surface area contributed by atoms with Gasteiger partial charge in [0.15, 0.2) is 6.61 Å². The number of aryl methyl sites for hydroxylation is 1. The Kier molecular flexibility index (Phi) is 4.07. The van der Waals surface area contributed by atoms with E-state index in [0.29, 0.717) is 31.2 Å². The predicted molar refractivity (Wildman–Crippen MR) is 89.9 cm³/mol. The molecule has 25 heavy (non-hydrogen) atoms. The molecule has 2 fully saturated rings. The molecule has 7 heteroatoms. The van der Waals surface area contributed by atoms with E-state index in [1.165, 1.54) is 12.8 Å². The van der Waals surface area contributed by atoms with Gasteiger partial charge in [-0.15, -0.1) is 0 Å². The number of carbonyl (C=O) groups is 3. The van der Waals surface area contributed by atoms with Gasteiger partial charge in [-0.1, -0.05) is 0 Å². The molecule has 0 unspecified atom stereocenters. The quantitative estimate of drug-likeness (QED) is 0.865. The van der Waals surface area contributed by atoms with Crippen LogP contribution in [0.5, 0.6) is 5.75 Å². The van der Waals surface area contributed by atoms with Gasteiger partial charge in [0.1, 0.15) is 12.3 Å². The average molecular weight is 343 g/mol. The number of fused-ring (bicyclic) bond motifs is 1. The van der Waals surface area contributed by atoms with E-state index in [0.717, 1.165) is 17.8 Å². The molecule has 1 aromatic carbocycles. The highest BCUT2D eigenvalue weighted by Gasteiger charge is 2.34. The second-order valence-electron chi connectivity index (χ2n) is 6.95. The lowest BCUT2D eigenvalue weighted by atomic mass is 10.0. The van der Waals surface area contributed by atoms with Crippen molar-refractivity contribution in [3.63, 3.8) is 0 Å². The van der Waals surface area contributed by atoms with Crippen molar-refractivity contribution in [1.29, 1.82) is 0 Å². The minimum absolute atomic E-state index is 0.0183. The van der Waals surface area contributed by atoms with E-state index in [1.54, 1.807) is 21.9 Å². The van der Waals surface area contributed by atoms with Gasteiger partial charge >= 0.3 is 0 Å². The Balaban J connectivity index is 1.31. The van der Waals surface area contributed by atoms with Gasteiger partial charge in [-0.05, 0) is 48.9 Å². The fraction of sp³-hybridized carbons (Fsp3) is 0.500. The molecule has 4 rings (SSSR count). The van der Waals surface area contributed by atoms with Crippen LogP contribution in [0.3, 0.4) is 0 Å². The first-order valence-corrected chi connectivity index (χ1v) is 8.69. The Hall–Kier alpha value is -2.57. The first kappa shape index (κ1) is 15.9. The highest BCUT2D eigenvalue weighted by Crippen LogP contribution is 2.30. The monoisotopic (exact) mass is 343 g/mol. The van der Waals surface area contributed by atoms with Crippen LogP contribution in [0, 0.1) is 5.92 Å². The summed E-state index contributed by atoms with van der Waals surface area (Å²) in [5.41, 5.74) is 1.81. The van der Waals surface area contributed by atoms with Gasteiger partial charge in [0.2, 0.25) is 11.8 Å². The third kappa shape index (κ3) is 3.60. The second-order valence-corrected chi connectivity index (χ2v) is 6.95. The molecule has 0 aromatic heterocycles. The van der Waals surface area contributed by atoms with Crippen LogP contribution >= 0.6 is 0 Å². The standard InChI is InChI=1S/C18H21N3O4/c22-16-6-3-13-7-14(4-5-15(13)19-16)25-10-18(24)21-9-17(23)20(11-21)8-12-1-2-12/h4-5,7,12H,1-3,6,8-11H2,(H,19,22). The Labute approximate surface area is 145 Å². The number of carbonyl (C=O) groups excluding carboxylic acids is 3. The number of rotatable bonds is 5. The number of hydrogen-bond acceptors (Lipinski definition) is 4. The van der Waals surface area contributed by atoms with Gasteiger partial charge < -0.3 is 19.9 Å². The Bertz CT molecular complexity index is 729. The molecule has 0 radical (unpaired) electrons. The summed E-state index contributed by atoms with van der Waals surface area (Å²) in [7, 11) is 0. The van der Waals surface area contributed by atoms with Gasteiger partial charge in [-0.2, -0.15) is 0 Å². The van der Waals surface area contributed by atoms with Crippen LogP contribution in [-0.2, 0) is 20.8 Å². The fourth-order valence-electron chi connectivity index (χ4n) is 3.22. The molecule has 0 spiro atoms. The number of anilines is 1. The third-order valence-electron chi connectivity index (χ3n) is 4.88. The van der Waals surface area contributed by atoms with Crippen molar-refractivity contribution in [2.24, 2.45) is 5.92 Å². The van der Waals surface area contributed by atoms with Crippen molar-refractivity contribution in [3.8, 4) is 5.75 Å². The zero-order valence-electron chi connectivity index (χ0n) is 14.0. The maximum atomic E-state index is 12.3. The molecular formula is C18H21N3O4. The molecule has 1 N–H and O–H groups in total. The number of benzene rings is 1. The van der Waals surface area contributed by atoms with Crippen molar-refractivity contribution < 1.29 is 19.1 Å². The summed E-state index contributed by atoms with van der Waals surface area (Å²) in [5.74, 6) is 1.07. The normalized spacial score (nSPS) is 19.7. The highest BCUT2D eigenvalue weighted by atomic mass is 16.5. The summed E-state index contributed by atoms with van der Waals surface area (Å²) in [6, 6.07) is 5.39. The van der Waals surface area contributed by atoms with Gasteiger partial charge in [-0.25, -0.2) is 0 Å². The Morgan fingerprint density at radius 1 is 1.24 bits per heavy atom. The van der Waals surface area contributed by atoms with Crippen molar-refractivity contribution in [1.82, 2.24) is 9.80 Å². The van der Waals surface area contributed by atoms with Crippen LogP contribution in [0.4, 0.5) is 5.69 Å². The molecule has 1 aliphatic carbocycles. The van der Waals surface area contributed by atoms with Crippen LogP contribution in [0.2, 0.25) is 0 Å². The molecule has 7 nitrogen and oxygen atoms in total. The van der Waals surface area contributed by atoms with E-state index < -0.39 is 0 Å². The van der Waals surface area contributed by atoms with E-state index in [4.69, 9.17) is 4.74 Å². The van der Waals surface area contributed by atoms with Crippen LogP contribution in [0.1, 0.15) is 24.8 Å². The minimum atomic E-state index is -0.183. The molecule has 1 aromatic rings. The molecule has 1 saturated carbocycles. The highest BCUT2D eigenvalue weighted by molar-refractivity contribution is 5.94. The predicted octanol–water partition coefficient (Wildman–Crippen LogP) is 0.988. The largest absolute Gasteiger partial charge is 0.484 e. The van der Waals surface area contributed by atoms with Crippen molar-refractivity contribution in [2.75, 3.05) is 31.7 Å². The lowest BCUT2D eigenvalue weighted by Gasteiger charge is -2.19. The molecule has 0 atom stereocenters. The smallest absolute Gasteiger partial charge is 0.262 e. The van der Waals surface area contributed by atoms with E-state index in [9.17, 15) is 14.4 Å². The molecule has 3 amide bonds. The van der Waals surface area contributed by atoms with Crippen molar-refractivity contribution >= 4 is 23.4 Å². The van der Waals surface area contributed by atoms with Crippen LogP contribution in [0.25, 0.3) is 0 Å². The summed E-state index contributed by atoms with van der Waals surface area (Å²) in [6.07, 6.45) is 3.49. The molecular weight excluding hydrogens is 322 g/mol. The van der Waals surface area contributed by atoms with E-state index in [-0.39, 0.29) is 30.9 Å². The average Bonchev–Trinajstić information content (AvgIpc) is 3.34. The third-order valence-corrected chi connectivity index (χ3v) is 4.88. The Morgan fingerprint density at radius 3 is 2.88 bits per heavy atom. The first-order valence-electron chi connectivity index (χ1n) is 8.69. The SMILES string of the molecule is O=C1CCc2cc(OCC(=O)N3CC(=O)N(CC4CC4)C3)ccc2N1. The Morgan fingerprint density at radius 2 is 2.08 bits per heavy atom. The molecule has 1 saturated heterocycles. The number of nitrogens with one attached hydrogen (secondary N) is 1. The fourth-order valence-corrected chi connectivity index (χ4v) is 3.22. The summed E-state index contributed by atoms with van der Waals surface area (Å²) in [4.78, 5) is 39.0. The molecule has 0 bridgehead atoms. The van der Waals surface area contributed by atoms with Crippen molar-refractivity contribution in [2.45, 2.75) is 25.7 Å². The molecule has 3 aliphatic rings. The summed E-state index contributed by atoms with van der Waals surface area (Å²) in [6.45, 7) is 1.19. The number of ether oxygens (including phenoxy) is 1. The summed E-state index contributed by atoms with van der Waals surface area (Å²) in [5, 5.41) is 2.81. The topological polar surface area (TPSA) is 79.0 Å². The van der Waals surface area contributed by atoms with Crippen LogP contribution in [0.15, 0.2) is 18.2 Å². The molecule has 132 valence electrons. The van der Waals surface area contributed by atoms with Crippen LogP contribution < -0.4 is 10.1 Å². The summed E-state index contributed by atoms with van der Waals surface area (Å²) >= 11 is 0.